The highest BCUT2D eigenvalue weighted by molar-refractivity contribution is 5.85. The maximum Gasteiger partial charge on any atom is 0.183 e. The van der Waals surface area contributed by atoms with E-state index in [-0.39, 0.29) is 0 Å². The van der Waals surface area contributed by atoms with E-state index in [4.69, 9.17) is 5.73 Å². The summed E-state index contributed by atoms with van der Waals surface area (Å²) in [5, 5.41) is 9.22. The van der Waals surface area contributed by atoms with Crippen LogP contribution in [-0.4, -0.2) is 22.0 Å². The number of aromatic nitrogens is 2. The SMILES string of the molecule is Cc1ccc2[nH]cc(CCC3(N)N=CC=C(Nc4ccc5[nH]c(C)cc5c4)N3)c2c1. The van der Waals surface area contributed by atoms with Crippen molar-refractivity contribution < 1.29 is 0 Å². The number of nitrogens with two attached hydrogens (primary N) is 1. The van der Waals surface area contributed by atoms with Crippen LogP contribution in [0.1, 0.15) is 23.2 Å². The van der Waals surface area contributed by atoms with Gasteiger partial charge in [0, 0.05) is 52.0 Å². The number of rotatable bonds is 5. The fraction of sp³-hybridized carbons (Fsp3) is 0.208. The van der Waals surface area contributed by atoms with Crippen LogP contribution in [0.4, 0.5) is 5.69 Å². The Morgan fingerprint density at radius 2 is 1.93 bits per heavy atom. The first-order valence-electron chi connectivity index (χ1n) is 10.2. The van der Waals surface area contributed by atoms with Gasteiger partial charge in [0.15, 0.2) is 5.79 Å². The predicted octanol–water partition coefficient (Wildman–Crippen LogP) is 4.44. The normalized spacial score (nSPS) is 18.6. The van der Waals surface area contributed by atoms with Gasteiger partial charge < -0.3 is 20.6 Å². The van der Waals surface area contributed by atoms with E-state index in [1.807, 2.05) is 6.08 Å². The van der Waals surface area contributed by atoms with Gasteiger partial charge in [-0.3, -0.25) is 10.7 Å². The summed E-state index contributed by atoms with van der Waals surface area (Å²) in [4.78, 5) is 11.2. The third-order valence-electron chi connectivity index (χ3n) is 5.63. The van der Waals surface area contributed by atoms with Crippen molar-refractivity contribution in [2.75, 3.05) is 5.32 Å². The molecule has 6 N–H and O–H groups in total. The average Bonchev–Trinajstić information content (AvgIpc) is 3.28. The van der Waals surface area contributed by atoms with Crippen LogP contribution in [-0.2, 0) is 6.42 Å². The van der Waals surface area contributed by atoms with Gasteiger partial charge in [0.2, 0.25) is 0 Å². The maximum absolute atomic E-state index is 6.58. The summed E-state index contributed by atoms with van der Waals surface area (Å²) < 4.78 is 0. The highest BCUT2D eigenvalue weighted by atomic mass is 15.3. The molecule has 6 heteroatoms. The average molecular weight is 399 g/mol. The molecule has 0 spiro atoms. The molecule has 1 unspecified atom stereocenters. The lowest BCUT2D eigenvalue weighted by atomic mass is 10.0. The smallest absolute Gasteiger partial charge is 0.183 e. The molecule has 4 aromatic rings. The fourth-order valence-electron chi connectivity index (χ4n) is 4.09. The van der Waals surface area contributed by atoms with Gasteiger partial charge in [-0.15, -0.1) is 0 Å². The van der Waals surface area contributed by atoms with Crippen molar-refractivity contribution in [2.45, 2.75) is 32.5 Å². The van der Waals surface area contributed by atoms with E-state index in [2.05, 4.69) is 88.1 Å². The third-order valence-corrected chi connectivity index (χ3v) is 5.63. The Kier molecular flexibility index (Phi) is 4.37. The summed E-state index contributed by atoms with van der Waals surface area (Å²) in [6, 6.07) is 14.9. The van der Waals surface area contributed by atoms with Gasteiger partial charge in [-0.05, 0) is 68.3 Å². The van der Waals surface area contributed by atoms with E-state index in [1.54, 1.807) is 6.21 Å². The lowest BCUT2D eigenvalue weighted by Gasteiger charge is -2.31. The molecular weight excluding hydrogens is 372 g/mol. The molecule has 0 bridgehead atoms. The minimum absolute atomic E-state index is 0.680. The van der Waals surface area contributed by atoms with Gasteiger partial charge in [-0.2, -0.15) is 0 Å². The molecule has 30 heavy (non-hydrogen) atoms. The third kappa shape index (κ3) is 3.57. The van der Waals surface area contributed by atoms with Crippen LogP contribution in [0.15, 0.2) is 65.6 Å². The fourth-order valence-corrected chi connectivity index (χ4v) is 4.09. The quantitative estimate of drug-likeness (QED) is 0.344. The Hall–Kier alpha value is -3.51. The number of nitrogens with zero attached hydrogens (tertiary/aromatic N) is 1. The lowest BCUT2D eigenvalue weighted by Crippen LogP contribution is -2.54. The van der Waals surface area contributed by atoms with Crippen LogP contribution in [0.3, 0.4) is 0 Å². The van der Waals surface area contributed by atoms with Gasteiger partial charge in [0.25, 0.3) is 0 Å². The Morgan fingerprint density at radius 1 is 1.07 bits per heavy atom. The molecule has 1 atom stereocenters. The van der Waals surface area contributed by atoms with Crippen LogP contribution < -0.4 is 16.4 Å². The van der Waals surface area contributed by atoms with E-state index in [1.165, 1.54) is 21.9 Å². The number of aromatic amines is 2. The van der Waals surface area contributed by atoms with Crippen molar-refractivity contribution in [3.8, 4) is 0 Å². The van der Waals surface area contributed by atoms with Crippen molar-refractivity contribution in [1.82, 2.24) is 15.3 Å². The molecule has 5 rings (SSSR count). The summed E-state index contributed by atoms with van der Waals surface area (Å²) in [6.07, 6.45) is 7.26. The zero-order valence-electron chi connectivity index (χ0n) is 17.2. The minimum Gasteiger partial charge on any atom is -0.361 e. The van der Waals surface area contributed by atoms with Crippen LogP contribution in [0.25, 0.3) is 21.8 Å². The molecule has 3 heterocycles. The van der Waals surface area contributed by atoms with Crippen molar-refractivity contribution in [2.24, 2.45) is 10.7 Å². The summed E-state index contributed by atoms with van der Waals surface area (Å²) in [5.74, 6) is -0.00639. The lowest BCUT2D eigenvalue weighted by molar-refractivity contribution is 0.356. The number of hydrogen-bond donors (Lipinski definition) is 5. The van der Waals surface area contributed by atoms with E-state index in [0.29, 0.717) is 6.42 Å². The molecule has 0 saturated heterocycles. The number of H-pyrrole nitrogens is 2. The molecular formula is C24H26N6. The van der Waals surface area contributed by atoms with E-state index >= 15 is 0 Å². The maximum atomic E-state index is 6.58. The molecule has 0 saturated carbocycles. The number of anilines is 1. The van der Waals surface area contributed by atoms with Crippen molar-refractivity contribution in [3.05, 3.63) is 77.4 Å². The van der Waals surface area contributed by atoms with Crippen molar-refractivity contribution >= 4 is 33.7 Å². The summed E-state index contributed by atoms with van der Waals surface area (Å²) in [6.45, 7) is 4.18. The topological polar surface area (TPSA) is 94.0 Å². The molecule has 2 aromatic carbocycles. The van der Waals surface area contributed by atoms with E-state index < -0.39 is 5.79 Å². The highest BCUT2D eigenvalue weighted by Gasteiger charge is 2.26. The molecule has 2 aromatic heterocycles. The molecule has 0 amide bonds. The number of hydrogen-bond acceptors (Lipinski definition) is 4. The monoisotopic (exact) mass is 398 g/mol. The second-order valence-electron chi connectivity index (χ2n) is 8.15. The largest absolute Gasteiger partial charge is 0.361 e. The van der Waals surface area contributed by atoms with Gasteiger partial charge >= 0.3 is 0 Å². The number of benzene rings is 2. The van der Waals surface area contributed by atoms with E-state index in [9.17, 15) is 0 Å². The second-order valence-corrected chi connectivity index (χ2v) is 8.15. The summed E-state index contributed by atoms with van der Waals surface area (Å²) in [7, 11) is 0. The minimum atomic E-state index is -0.848. The zero-order valence-corrected chi connectivity index (χ0v) is 17.2. The Balaban J connectivity index is 1.29. The number of aliphatic imine (C=N–C) groups is 1. The first kappa shape index (κ1) is 18.5. The van der Waals surface area contributed by atoms with Crippen LogP contribution in [0.2, 0.25) is 0 Å². The molecule has 6 nitrogen and oxygen atoms in total. The van der Waals surface area contributed by atoms with Gasteiger partial charge in [-0.1, -0.05) is 11.6 Å². The molecule has 0 radical (unpaired) electrons. The molecule has 152 valence electrons. The second kappa shape index (κ2) is 7.07. The number of nitrogens with one attached hydrogen (secondary N) is 4. The molecule has 1 aliphatic heterocycles. The molecule has 0 aliphatic carbocycles. The van der Waals surface area contributed by atoms with Gasteiger partial charge in [0.05, 0.1) is 0 Å². The number of aryl methyl sites for hydroxylation is 3. The first-order valence-corrected chi connectivity index (χ1v) is 10.2. The van der Waals surface area contributed by atoms with Crippen LogP contribution in [0.5, 0.6) is 0 Å². The number of fused-ring (bicyclic) bond motifs is 2. The van der Waals surface area contributed by atoms with Crippen molar-refractivity contribution in [3.63, 3.8) is 0 Å². The Bertz CT molecular complexity index is 1290. The highest BCUT2D eigenvalue weighted by Crippen LogP contribution is 2.24. The summed E-state index contributed by atoms with van der Waals surface area (Å²) in [5.41, 5.74) is 13.5. The van der Waals surface area contributed by atoms with Crippen LogP contribution in [0, 0.1) is 13.8 Å². The standard InChI is InChI=1S/C24H26N6/c1-15-3-5-22-20(11-15)17(14-26-22)7-9-24(25)27-10-8-23(30-24)29-19-4-6-21-18(13-19)12-16(2)28-21/h3-6,8,10-14,26,28-30H,7,9,25H2,1-2H3. The Labute approximate surface area is 175 Å². The van der Waals surface area contributed by atoms with Crippen LogP contribution >= 0.6 is 0 Å². The van der Waals surface area contributed by atoms with E-state index in [0.717, 1.165) is 34.7 Å². The first-order chi connectivity index (χ1) is 14.5. The Morgan fingerprint density at radius 3 is 2.83 bits per heavy atom. The van der Waals surface area contributed by atoms with Crippen molar-refractivity contribution in [1.29, 1.82) is 0 Å². The van der Waals surface area contributed by atoms with Gasteiger partial charge in [0.1, 0.15) is 5.82 Å². The van der Waals surface area contributed by atoms with Gasteiger partial charge in [-0.25, -0.2) is 0 Å². The molecule has 0 fully saturated rings. The zero-order chi connectivity index (χ0) is 20.7. The summed E-state index contributed by atoms with van der Waals surface area (Å²) >= 11 is 0. The predicted molar refractivity (Wildman–Crippen MR) is 125 cm³/mol. The molecule has 1 aliphatic rings. The number of allylic oxidation sites excluding steroid dienone is 1.